The van der Waals surface area contributed by atoms with Gasteiger partial charge in [-0.2, -0.15) is 0 Å². The third-order valence-corrected chi connectivity index (χ3v) is 3.93. The second kappa shape index (κ2) is 4.28. The molecule has 0 aromatic rings. The molecule has 0 atom stereocenters. The Morgan fingerprint density at radius 1 is 0.722 bits per heavy atom. The van der Waals surface area contributed by atoms with Gasteiger partial charge in [-0.05, 0) is 41.6 Å². The van der Waals surface area contributed by atoms with Gasteiger partial charge in [0.05, 0.1) is 0 Å². The molecule has 0 heterocycles. The molecule has 0 nitrogen and oxygen atoms in total. The van der Waals surface area contributed by atoms with Crippen LogP contribution in [-0.4, -0.2) is 0 Å². The summed E-state index contributed by atoms with van der Waals surface area (Å²) in [5, 5.41) is 0. The van der Waals surface area contributed by atoms with E-state index in [-0.39, 0.29) is 5.41 Å². The van der Waals surface area contributed by atoms with Gasteiger partial charge in [0.25, 0.3) is 0 Å². The summed E-state index contributed by atoms with van der Waals surface area (Å²) in [7, 11) is 0. The SMILES string of the molecule is CC1(C)C=CC2=C(C=C1)CC1=C(C=CCC=C1)C2. The fourth-order valence-electron chi connectivity index (χ4n) is 2.71. The summed E-state index contributed by atoms with van der Waals surface area (Å²) in [5.41, 5.74) is 6.17. The van der Waals surface area contributed by atoms with Crippen molar-refractivity contribution in [3.05, 3.63) is 70.9 Å². The smallest absolute Gasteiger partial charge is 0.00108 e. The van der Waals surface area contributed by atoms with E-state index in [1.54, 1.807) is 0 Å². The van der Waals surface area contributed by atoms with E-state index in [1.807, 2.05) is 0 Å². The maximum absolute atomic E-state index is 2.33. The van der Waals surface area contributed by atoms with Crippen LogP contribution in [0.15, 0.2) is 70.9 Å². The Labute approximate surface area is 110 Å². The van der Waals surface area contributed by atoms with E-state index in [1.165, 1.54) is 22.3 Å². The summed E-state index contributed by atoms with van der Waals surface area (Å²) in [4.78, 5) is 0. The standard InChI is InChI=1S/C18H20/c1-18(2)10-8-16-12-14-6-4-3-5-7-15(14)13-17(16)9-11-18/h4-11H,3,12-13H2,1-2H3. The number of allylic oxidation sites excluding steroid dienone is 12. The van der Waals surface area contributed by atoms with E-state index in [9.17, 15) is 0 Å². The first-order valence-electron chi connectivity index (χ1n) is 6.80. The van der Waals surface area contributed by atoms with Crippen LogP contribution >= 0.6 is 0 Å². The Kier molecular flexibility index (Phi) is 2.74. The molecular formula is C18H20. The van der Waals surface area contributed by atoms with Gasteiger partial charge in [0.1, 0.15) is 0 Å². The van der Waals surface area contributed by atoms with Crippen molar-refractivity contribution < 1.29 is 0 Å². The van der Waals surface area contributed by atoms with Gasteiger partial charge in [0, 0.05) is 5.41 Å². The van der Waals surface area contributed by atoms with Gasteiger partial charge in [0.2, 0.25) is 0 Å². The molecule has 0 heteroatoms. The van der Waals surface area contributed by atoms with Crippen molar-refractivity contribution in [2.45, 2.75) is 33.1 Å². The number of rotatable bonds is 0. The normalized spacial score (nSPS) is 24.8. The molecule has 0 aliphatic heterocycles. The van der Waals surface area contributed by atoms with Crippen molar-refractivity contribution in [3.8, 4) is 0 Å². The van der Waals surface area contributed by atoms with Crippen LogP contribution in [0.4, 0.5) is 0 Å². The first-order valence-corrected chi connectivity index (χ1v) is 6.80. The van der Waals surface area contributed by atoms with Gasteiger partial charge in [-0.3, -0.25) is 0 Å². The van der Waals surface area contributed by atoms with Crippen molar-refractivity contribution in [2.24, 2.45) is 5.41 Å². The number of hydrogen-bond acceptors (Lipinski definition) is 0. The van der Waals surface area contributed by atoms with Crippen molar-refractivity contribution in [2.75, 3.05) is 0 Å². The fraction of sp³-hybridized carbons (Fsp3) is 0.333. The average molecular weight is 236 g/mol. The lowest BCUT2D eigenvalue weighted by Gasteiger charge is -2.19. The molecule has 3 aliphatic rings. The highest BCUT2D eigenvalue weighted by atomic mass is 14.2. The predicted molar refractivity (Wildman–Crippen MR) is 78.2 cm³/mol. The molecular weight excluding hydrogens is 216 g/mol. The first kappa shape index (κ1) is 11.5. The van der Waals surface area contributed by atoms with Crippen LogP contribution in [-0.2, 0) is 0 Å². The molecule has 0 aromatic carbocycles. The molecule has 0 saturated carbocycles. The van der Waals surface area contributed by atoms with Crippen LogP contribution in [0.3, 0.4) is 0 Å². The lowest BCUT2D eigenvalue weighted by atomic mass is 9.86. The third-order valence-electron chi connectivity index (χ3n) is 3.93. The van der Waals surface area contributed by atoms with E-state index < -0.39 is 0 Å². The van der Waals surface area contributed by atoms with E-state index in [0.717, 1.165) is 19.3 Å². The average Bonchev–Trinajstić information content (AvgIpc) is 2.64. The van der Waals surface area contributed by atoms with Gasteiger partial charge in [-0.25, -0.2) is 0 Å². The monoisotopic (exact) mass is 236 g/mol. The minimum atomic E-state index is 0.181. The zero-order valence-corrected chi connectivity index (χ0v) is 11.2. The molecule has 0 fully saturated rings. The third kappa shape index (κ3) is 2.20. The van der Waals surface area contributed by atoms with Crippen LogP contribution in [0.2, 0.25) is 0 Å². The minimum absolute atomic E-state index is 0.181. The summed E-state index contributed by atoms with van der Waals surface area (Å²) >= 11 is 0. The number of hydrogen-bond donors (Lipinski definition) is 0. The second-order valence-electron chi connectivity index (χ2n) is 5.98. The Balaban J connectivity index is 1.96. The zero-order valence-electron chi connectivity index (χ0n) is 11.2. The summed E-state index contributed by atoms with van der Waals surface area (Å²) in [6.45, 7) is 4.52. The highest BCUT2D eigenvalue weighted by Crippen LogP contribution is 2.37. The molecule has 0 radical (unpaired) electrons. The van der Waals surface area contributed by atoms with E-state index in [2.05, 4.69) is 62.5 Å². The Bertz CT molecular complexity index is 497. The second-order valence-corrected chi connectivity index (χ2v) is 5.98. The van der Waals surface area contributed by atoms with Crippen molar-refractivity contribution in [1.82, 2.24) is 0 Å². The summed E-state index contributed by atoms with van der Waals surface area (Å²) < 4.78 is 0. The molecule has 0 amide bonds. The molecule has 0 N–H and O–H groups in total. The van der Waals surface area contributed by atoms with Gasteiger partial charge < -0.3 is 0 Å². The molecule has 0 saturated heterocycles. The van der Waals surface area contributed by atoms with Gasteiger partial charge >= 0.3 is 0 Å². The molecule has 0 bridgehead atoms. The highest BCUT2D eigenvalue weighted by molar-refractivity contribution is 5.52. The molecule has 92 valence electrons. The first-order chi connectivity index (χ1) is 8.64. The quantitative estimate of drug-likeness (QED) is 0.552. The Morgan fingerprint density at radius 3 is 1.67 bits per heavy atom. The molecule has 18 heavy (non-hydrogen) atoms. The minimum Gasteiger partial charge on any atom is -0.0804 e. The summed E-state index contributed by atoms with van der Waals surface area (Å²) in [5.74, 6) is 0. The molecule has 0 unspecified atom stereocenters. The zero-order chi connectivity index (χ0) is 12.6. The van der Waals surface area contributed by atoms with Crippen LogP contribution in [0.25, 0.3) is 0 Å². The fourth-order valence-corrected chi connectivity index (χ4v) is 2.71. The lowest BCUT2D eigenvalue weighted by molar-refractivity contribution is 0.626. The van der Waals surface area contributed by atoms with E-state index >= 15 is 0 Å². The van der Waals surface area contributed by atoms with Crippen LogP contribution in [0, 0.1) is 5.41 Å². The molecule has 3 rings (SSSR count). The van der Waals surface area contributed by atoms with Crippen molar-refractivity contribution >= 4 is 0 Å². The molecule has 0 spiro atoms. The van der Waals surface area contributed by atoms with E-state index in [0.29, 0.717) is 0 Å². The Hall–Kier alpha value is -1.56. The largest absolute Gasteiger partial charge is 0.0804 e. The van der Waals surface area contributed by atoms with Crippen molar-refractivity contribution in [3.63, 3.8) is 0 Å². The van der Waals surface area contributed by atoms with Crippen LogP contribution in [0.5, 0.6) is 0 Å². The predicted octanol–water partition coefficient (Wildman–Crippen LogP) is 5.04. The molecule has 0 aromatic heterocycles. The van der Waals surface area contributed by atoms with Gasteiger partial charge in [-0.1, -0.05) is 62.5 Å². The maximum Gasteiger partial charge on any atom is 0.00108 e. The topological polar surface area (TPSA) is 0 Å². The van der Waals surface area contributed by atoms with Gasteiger partial charge in [0.15, 0.2) is 0 Å². The van der Waals surface area contributed by atoms with Crippen LogP contribution in [0.1, 0.15) is 33.1 Å². The van der Waals surface area contributed by atoms with Crippen LogP contribution < -0.4 is 0 Å². The molecule has 3 aliphatic carbocycles. The van der Waals surface area contributed by atoms with Crippen molar-refractivity contribution in [1.29, 1.82) is 0 Å². The lowest BCUT2D eigenvalue weighted by Crippen LogP contribution is -2.00. The van der Waals surface area contributed by atoms with E-state index in [4.69, 9.17) is 0 Å². The summed E-state index contributed by atoms with van der Waals surface area (Å²) in [6, 6.07) is 0. The summed E-state index contributed by atoms with van der Waals surface area (Å²) in [6.07, 6.45) is 21.7. The van der Waals surface area contributed by atoms with Gasteiger partial charge in [-0.15, -0.1) is 0 Å². The highest BCUT2D eigenvalue weighted by Gasteiger charge is 2.19. The Morgan fingerprint density at radius 2 is 1.17 bits per heavy atom. The maximum atomic E-state index is 2.33.